The molecule has 0 bridgehead atoms. The molecule has 34 heavy (non-hydrogen) atoms. The predicted molar refractivity (Wildman–Crippen MR) is 129 cm³/mol. The Bertz CT molecular complexity index is 1050. The van der Waals surface area contributed by atoms with Gasteiger partial charge >= 0.3 is 12.0 Å². The zero-order chi connectivity index (χ0) is 24.1. The van der Waals surface area contributed by atoms with Crippen molar-refractivity contribution in [3.05, 3.63) is 58.6 Å². The maximum absolute atomic E-state index is 12.5. The largest absolute Gasteiger partial charge is 0.490 e. The molecule has 4 rings (SSSR count). The van der Waals surface area contributed by atoms with Crippen molar-refractivity contribution in [2.24, 2.45) is 5.92 Å². The molecule has 2 aromatic rings. The number of halogens is 1. The van der Waals surface area contributed by atoms with E-state index in [1.54, 1.807) is 35.2 Å². The average Bonchev–Trinajstić information content (AvgIpc) is 3.25. The second-order valence-corrected chi connectivity index (χ2v) is 9.05. The van der Waals surface area contributed by atoms with E-state index in [0.29, 0.717) is 61.7 Å². The minimum atomic E-state index is -0.736. The molecule has 0 spiro atoms. The van der Waals surface area contributed by atoms with Gasteiger partial charge in [0, 0.05) is 35.9 Å². The number of hydrogen-bond acceptors (Lipinski definition) is 4. The monoisotopic (exact) mass is 485 g/mol. The highest BCUT2D eigenvalue weighted by atomic mass is 35.5. The van der Waals surface area contributed by atoms with Crippen molar-refractivity contribution < 1.29 is 24.2 Å². The van der Waals surface area contributed by atoms with Crippen molar-refractivity contribution >= 4 is 35.2 Å². The summed E-state index contributed by atoms with van der Waals surface area (Å²) in [6.07, 6.45) is 3.43. The van der Waals surface area contributed by atoms with Crippen LogP contribution in [0.5, 0.6) is 5.75 Å². The Morgan fingerprint density at radius 3 is 2.41 bits per heavy atom. The maximum Gasteiger partial charge on any atom is 0.321 e. The third kappa shape index (κ3) is 5.80. The molecule has 0 radical (unpaired) electrons. The number of ether oxygens (including phenoxy) is 1. The number of aliphatic carboxylic acids is 1. The molecule has 9 heteroatoms. The van der Waals surface area contributed by atoms with Crippen LogP contribution in [0.25, 0.3) is 0 Å². The molecule has 0 atom stereocenters. The Hall–Kier alpha value is -3.26. The van der Waals surface area contributed by atoms with Crippen LogP contribution in [0.1, 0.15) is 41.6 Å². The Morgan fingerprint density at radius 1 is 1.00 bits per heavy atom. The Balaban J connectivity index is 1.18. The molecule has 0 aromatic heterocycles. The van der Waals surface area contributed by atoms with Crippen molar-refractivity contribution in [3.63, 3.8) is 0 Å². The molecule has 2 aromatic carbocycles. The van der Waals surface area contributed by atoms with E-state index in [1.165, 1.54) is 0 Å². The number of carboxylic acid groups (broad SMARTS) is 1. The SMILES string of the molecule is O=C(NCCNC(=O)N1CCc2cc(Cl)ccc21)c1ccc(OC2CCC(C(=O)O)CC2)cc1. The summed E-state index contributed by atoms with van der Waals surface area (Å²) in [5.74, 6) is -0.584. The van der Waals surface area contributed by atoms with Crippen molar-refractivity contribution in [1.82, 2.24) is 10.6 Å². The van der Waals surface area contributed by atoms with Crippen LogP contribution in [0.2, 0.25) is 5.02 Å². The summed E-state index contributed by atoms with van der Waals surface area (Å²) >= 11 is 6.02. The van der Waals surface area contributed by atoms with E-state index < -0.39 is 5.97 Å². The number of anilines is 1. The summed E-state index contributed by atoms with van der Waals surface area (Å²) < 4.78 is 5.94. The summed E-state index contributed by atoms with van der Waals surface area (Å²) in [6, 6.07) is 12.2. The van der Waals surface area contributed by atoms with Crippen LogP contribution in [-0.2, 0) is 11.2 Å². The Kier molecular flexibility index (Phi) is 7.57. The molecule has 180 valence electrons. The van der Waals surface area contributed by atoms with Gasteiger partial charge in [-0.25, -0.2) is 4.79 Å². The van der Waals surface area contributed by atoms with E-state index in [9.17, 15) is 14.4 Å². The number of carbonyl (C=O) groups excluding carboxylic acids is 2. The molecule has 0 saturated heterocycles. The molecule has 1 heterocycles. The topological polar surface area (TPSA) is 108 Å². The standard InChI is InChI=1S/C25H28ClN3O5/c26-19-5-10-22-18(15-19)11-14-29(22)25(33)28-13-12-27-23(30)16-1-6-20(7-2-16)34-21-8-3-17(4-9-21)24(31)32/h1-2,5-7,10,15,17,21H,3-4,8-9,11-14H2,(H,27,30)(H,28,33)(H,31,32). The highest BCUT2D eigenvalue weighted by Crippen LogP contribution is 2.30. The molecule has 1 aliphatic carbocycles. The van der Waals surface area contributed by atoms with E-state index in [2.05, 4.69) is 10.6 Å². The number of amides is 3. The first kappa shape index (κ1) is 23.9. The number of carbonyl (C=O) groups is 3. The van der Waals surface area contributed by atoms with Gasteiger partial charge in [0.15, 0.2) is 0 Å². The van der Waals surface area contributed by atoms with Gasteiger partial charge in [-0.15, -0.1) is 0 Å². The molecule has 1 aliphatic heterocycles. The van der Waals surface area contributed by atoms with Gasteiger partial charge < -0.3 is 20.5 Å². The van der Waals surface area contributed by atoms with Gasteiger partial charge in [0.25, 0.3) is 5.91 Å². The van der Waals surface area contributed by atoms with E-state index in [1.807, 2.05) is 12.1 Å². The first-order valence-electron chi connectivity index (χ1n) is 11.5. The van der Waals surface area contributed by atoms with E-state index >= 15 is 0 Å². The summed E-state index contributed by atoms with van der Waals surface area (Å²) in [5, 5.41) is 15.4. The molecule has 2 aliphatic rings. The van der Waals surface area contributed by atoms with Gasteiger partial charge in [0.05, 0.1) is 12.0 Å². The number of hydrogen-bond donors (Lipinski definition) is 3. The number of rotatable bonds is 7. The van der Waals surface area contributed by atoms with Crippen LogP contribution in [-0.4, -0.2) is 48.8 Å². The minimum Gasteiger partial charge on any atom is -0.490 e. The van der Waals surface area contributed by atoms with E-state index in [-0.39, 0.29) is 24.0 Å². The quantitative estimate of drug-likeness (QED) is 0.516. The fourth-order valence-electron chi connectivity index (χ4n) is 4.43. The lowest BCUT2D eigenvalue weighted by Gasteiger charge is -2.26. The second-order valence-electron chi connectivity index (χ2n) is 8.62. The number of carboxylic acids is 1. The number of nitrogens with one attached hydrogen (secondary N) is 2. The Morgan fingerprint density at radius 2 is 1.71 bits per heavy atom. The van der Waals surface area contributed by atoms with E-state index in [0.717, 1.165) is 17.7 Å². The fourth-order valence-corrected chi connectivity index (χ4v) is 4.62. The highest BCUT2D eigenvalue weighted by Gasteiger charge is 2.27. The smallest absolute Gasteiger partial charge is 0.321 e. The molecule has 3 N–H and O–H groups in total. The third-order valence-electron chi connectivity index (χ3n) is 6.31. The zero-order valence-corrected chi connectivity index (χ0v) is 19.5. The van der Waals surface area contributed by atoms with E-state index in [4.69, 9.17) is 21.4 Å². The normalized spacial score (nSPS) is 19.3. The first-order chi connectivity index (χ1) is 16.4. The zero-order valence-electron chi connectivity index (χ0n) is 18.8. The van der Waals surface area contributed by atoms with Crippen LogP contribution in [0.3, 0.4) is 0 Å². The molecule has 3 amide bonds. The van der Waals surface area contributed by atoms with Gasteiger partial charge in [-0.05, 0) is 80.1 Å². The summed E-state index contributed by atoms with van der Waals surface area (Å²) in [6.45, 7) is 1.21. The van der Waals surface area contributed by atoms with Crippen LogP contribution < -0.4 is 20.3 Å². The molecule has 1 fully saturated rings. The van der Waals surface area contributed by atoms with Gasteiger partial charge in [-0.3, -0.25) is 14.5 Å². The van der Waals surface area contributed by atoms with Crippen LogP contribution >= 0.6 is 11.6 Å². The molecule has 1 saturated carbocycles. The maximum atomic E-state index is 12.5. The number of benzene rings is 2. The summed E-state index contributed by atoms with van der Waals surface area (Å²) in [5.41, 5.74) is 2.41. The van der Waals surface area contributed by atoms with Crippen molar-refractivity contribution in [2.75, 3.05) is 24.5 Å². The van der Waals surface area contributed by atoms with Crippen molar-refractivity contribution in [1.29, 1.82) is 0 Å². The summed E-state index contributed by atoms with van der Waals surface area (Å²) in [7, 11) is 0. The van der Waals surface area contributed by atoms with Gasteiger partial charge in [0.1, 0.15) is 5.75 Å². The molecule has 8 nitrogen and oxygen atoms in total. The van der Waals surface area contributed by atoms with Crippen molar-refractivity contribution in [3.8, 4) is 5.75 Å². The van der Waals surface area contributed by atoms with Gasteiger partial charge in [-0.1, -0.05) is 11.6 Å². The molecule has 0 unspecified atom stereocenters. The first-order valence-corrected chi connectivity index (χ1v) is 11.9. The average molecular weight is 486 g/mol. The summed E-state index contributed by atoms with van der Waals surface area (Å²) in [4.78, 5) is 37.6. The molecular weight excluding hydrogens is 458 g/mol. The Labute approximate surface area is 203 Å². The third-order valence-corrected chi connectivity index (χ3v) is 6.55. The minimum absolute atomic E-state index is 0.00144. The fraction of sp³-hybridized carbons (Fsp3) is 0.400. The van der Waals surface area contributed by atoms with Crippen LogP contribution in [0.15, 0.2) is 42.5 Å². The second kappa shape index (κ2) is 10.8. The van der Waals surface area contributed by atoms with Crippen LogP contribution in [0, 0.1) is 5.92 Å². The van der Waals surface area contributed by atoms with Crippen molar-refractivity contribution in [2.45, 2.75) is 38.2 Å². The van der Waals surface area contributed by atoms with Gasteiger partial charge in [0.2, 0.25) is 0 Å². The lowest BCUT2D eigenvalue weighted by atomic mass is 9.87. The number of fused-ring (bicyclic) bond motifs is 1. The highest BCUT2D eigenvalue weighted by molar-refractivity contribution is 6.30. The van der Waals surface area contributed by atoms with Gasteiger partial charge in [-0.2, -0.15) is 0 Å². The lowest BCUT2D eigenvalue weighted by Crippen LogP contribution is -2.42. The lowest BCUT2D eigenvalue weighted by molar-refractivity contribution is -0.143. The number of urea groups is 1. The number of nitrogens with zero attached hydrogens (tertiary/aromatic N) is 1. The van der Waals surface area contributed by atoms with Crippen LogP contribution in [0.4, 0.5) is 10.5 Å². The predicted octanol–water partition coefficient (Wildman–Crippen LogP) is 3.86. The molecular formula is C25H28ClN3O5.